The molecule has 1 aliphatic carbocycles. The number of carbonyl (C=O) groups excluding carboxylic acids is 1. The average molecular weight is 265 g/mol. The Morgan fingerprint density at radius 1 is 1.47 bits per heavy atom. The van der Waals surface area contributed by atoms with Crippen molar-refractivity contribution in [2.45, 2.75) is 57.4 Å². The van der Waals surface area contributed by atoms with Crippen molar-refractivity contribution in [1.29, 1.82) is 0 Å². The van der Waals surface area contributed by atoms with Crippen LogP contribution in [0.5, 0.6) is 0 Å². The first-order chi connectivity index (χ1) is 9.10. The molecule has 4 heteroatoms. The Labute approximate surface area is 114 Å². The fraction of sp³-hybridized carbons (Fsp3) is 0.733. The summed E-state index contributed by atoms with van der Waals surface area (Å²) in [6.45, 7) is 2.58. The van der Waals surface area contributed by atoms with Crippen LogP contribution in [0, 0.1) is 5.92 Å². The van der Waals surface area contributed by atoms with Crippen molar-refractivity contribution in [3.63, 3.8) is 0 Å². The zero-order chi connectivity index (χ0) is 13.9. The predicted octanol–water partition coefficient (Wildman–Crippen LogP) is 2.59. The Kier molecular flexibility index (Phi) is 4.27. The first-order valence-corrected chi connectivity index (χ1v) is 7.30. The fourth-order valence-electron chi connectivity index (χ4n) is 3.44. The number of hydrogen-bond donors (Lipinski definition) is 1. The second-order valence-electron chi connectivity index (χ2n) is 5.71. The van der Waals surface area contributed by atoms with Crippen molar-refractivity contribution >= 4 is 11.9 Å². The zero-order valence-electron chi connectivity index (χ0n) is 11.6. The molecule has 2 atom stereocenters. The van der Waals surface area contributed by atoms with E-state index in [9.17, 15) is 14.7 Å². The fourth-order valence-corrected chi connectivity index (χ4v) is 3.44. The molecule has 1 saturated heterocycles. The van der Waals surface area contributed by atoms with E-state index in [1.54, 1.807) is 4.90 Å². The highest BCUT2D eigenvalue weighted by Gasteiger charge is 2.49. The summed E-state index contributed by atoms with van der Waals surface area (Å²) in [7, 11) is 0. The van der Waals surface area contributed by atoms with Gasteiger partial charge in [0.2, 0.25) is 5.91 Å². The van der Waals surface area contributed by atoms with Gasteiger partial charge in [-0.15, -0.1) is 0 Å². The summed E-state index contributed by atoms with van der Waals surface area (Å²) in [6, 6.07) is 0. The van der Waals surface area contributed by atoms with Crippen molar-refractivity contribution in [1.82, 2.24) is 4.90 Å². The van der Waals surface area contributed by atoms with Gasteiger partial charge in [0.05, 0.1) is 0 Å². The molecule has 0 aromatic rings. The molecule has 19 heavy (non-hydrogen) atoms. The quantitative estimate of drug-likeness (QED) is 0.777. The van der Waals surface area contributed by atoms with Gasteiger partial charge in [0.1, 0.15) is 5.54 Å². The normalized spacial score (nSPS) is 29.9. The molecule has 106 valence electrons. The van der Waals surface area contributed by atoms with Gasteiger partial charge in [0.15, 0.2) is 0 Å². The number of amides is 1. The van der Waals surface area contributed by atoms with Crippen LogP contribution >= 0.6 is 0 Å². The number of allylic oxidation sites excluding steroid dienone is 2. The number of likely N-dealkylation sites (tertiary alicyclic amines) is 1. The lowest BCUT2D eigenvalue weighted by Crippen LogP contribution is -2.53. The summed E-state index contributed by atoms with van der Waals surface area (Å²) in [4.78, 5) is 25.7. The van der Waals surface area contributed by atoms with Crippen LogP contribution in [0.4, 0.5) is 0 Å². The number of carboxylic acids is 1. The highest BCUT2D eigenvalue weighted by atomic mass is 16.4. The molecule has 0 spiro atoms. The van der Waals surface area contributed by atoms with Crippen LogP contribution < -0.4 is 0 Å². The largest absolute Gasteiger partial charge is 0.479 e. The van der Waals surface area contributed by atoms with Crippen molar-refractivity contribution in [3.05, 3.63) is 12.2 Å². The van der Waals surface area contributed by atoms with E-state index in [4.69, 9.17) is 0 Å². The molecule has 0 radical (unpaired) electrons. The van der Waals surface area contributed by atoms with Gasteiger partial charge in [-0.3, -0.25) is 4.79 Å². The molecular formula is C15H23NO3. The first kappa shape index (κ1) is 14.1. The molecule has 1 amide bonds. The molecule has 0 aromatic heterocycles. The SMILES string of the molecule is CCCC1(C(=O)O)CCCN1C(=O)CC1C=CCC1. The molecule has 0 saturated carbocycles. The van der Waals surface area contributed by atoms with Crippen LogP contribution in [-0.2, 0) is 9.59 Å². The highest BCUT2D eigenvalue weighted by molar-refractivity contribution is 5.88. The van der Waals surface area contributed by atoms with E-state index in [0.29, 0.717) is 31.7 Å². The third-order valence-electron chi connectivity index (χ3n) is 4.40. The maximum Gasteiger partial charge on any atom is 0.329 e. The lowest BCUT2D eigenvalue weighted by atomic mass is 9.90. The molecule has 2 rings (SSSR count). The second-order valence-corrected chi connectivity index (χ2v) is 5.71. The van der Waals surface area contributed by atoms with Gasteiger partial charge in [-0.2, -0.15) is 0 Å². The molecule has 0 bridgehead atoms. The Bertz CT molecular complexity index is 391. The van der Waals surface area contributed by atoms with Crippen LogP contribution in [-0.4, -0.2) is 34.0 Å². The van der Waals surface area contributed by atoms with Gasteiger partial charge in [0, 0.05) is 13.0 Å². The summed E-state index contributed by atoms with van der Waals surface area (Å²) in [6.07, 6.45) is 9.49. The van der Waals surface area contributed by atoms with Gasteiger partial charge in [0.25, 0.3) is 0 Å². The predicted molar refractivity (Wildman–Crippen MR) is 72.7 cm³/mol. The van der Waals surface area contributed by atoms with Gasteiger partial charge < -0.3 is 10.0 Å². The van der Waals surface area contributed by atoms with E-state index in [1.807, 2.05) is 6.92 Å². The summed E-state index contributed by atoms with van der Waals surface area (Å²) < 4.78 is 0. The molecule has 1 N–H and O–H groups in total. The molecule has 4 nitrogen and oxygen atoms in total. The lowest BCUT2D eigenvalue weighted by molar-refractivity contribution is -0.157. The molecule has 2 aliphatic rings. The first-order valence-electron chi connectivity index (χ1n) is 7.30. The van der Waals surface area contributed by atoms with E-state index >= 15 is 0 Å². The minimum absolute atomic E-state index is 0.0184. The van der Waals surface area contributed by atoms with Gasteiger partial charge >= 0.3 is 5.97 Å². The van der Waals surface area contributed by atoms with Gasteiger partial charge in [-0.1, -0.05) is 25.5 Å². The minimum atomic E-state index is -0.936. The number of nitrogens with zero attached hydrogens (tertiary/aromatic N) is 1. The van der Waals surface area contributed by atoms with Crippen molar-refractivity contribution in [3.8, 4) is 0 Å². The monoisotopic (exact) mass is 265 g/mol. The van der Waals surface area contributed by atoms with E-state index in [0.717, 1.165) is 25.7 Å². The zero-order valence-corrected chi connectivity index (χ0v) is 11.6. The highest BCUT2D eigenvalue weighted by Crippen LogP contribution is 2.35. The number of rotatable bonds is 5. The number of aliphatic carboxylic acids is 1. The number of carboxylic acid groups (broad SMARTS) is 1. The van der Waals surface area contributed by atoms with Gasteiger partial charge in [-0.05, 0) is 38.0 Å². The van der Waals surface area contributed by atoms with Crippen LogP contribution in [0.15, 0.2) is 12.2 Å². The van der Waals surface area contributed by atoms with Gasteiger partial charge in [-0.25, -0.2) is 4.79 Å². The Morgan fingerprint density at radius 3 is 2.84 bits per heavy atom. The molecule has 0 aromatic carbocycles. The molecule has 1 heterocycles. The third kappa shape index (κ3) is 2.67. The van der Waals surface area contributed by atoms with E-state index in [-0.39, 0.29) is 5.91 Å². The average Bonchev–Trinajstić information content (AvgIpc) is 2.99. The van der Waals surface area contributed by atoms with E-state index in [1.165, 1.54) is 0 Å². The van der Waals surface area contributed by atoms with E-state index in [2.05, 4.69) is 12.2 Å². The topological polar surface area (TPSA) is 57.6 Å². The van der Waals surface area contributed by atoms with Crippen LogP contribution in [0.25, 0.3) is 0 Å². The van der Waals surface area contributed by atoms with E-state index < -0.39 is 11.5 Å². The van der Waals surface area contributed by atoms with Crippen LogP contribution in [0.1, 0.15) is 51.9 Å². The smallest absolute Gasteiger partial charge is 0.329 e. The molecular weight excluding hydrogens is 242 g/mol. The maximum absolute atomic E-state index is 12.4. The Morgan fingerprint density at radius 2 is 2.26 bits per heavy atom. The minimum Gasteiger partial charge on any atom is -0.479 e. The standard InChI is InChI=1S/C15H23NO3/c1-2-8-15(14(18)19)9-5-10-16(15)13(17)11-12-6-3-4-7-12/h3,6,12H,2,4-5,7-11H2,1H3,(H,18,19). The Balaban J connectivity index is 2.09. The van der Waals surface area contributed by atoms with Crippen LogP contribution in [0.2, 0.25) is 0 Å². The summed E-state index contributed by atoms with van der Waals surface area (Å²) >= 11 is 0. The Hall–Kier alpha value is -1.32. The molecule has 2 unspecified atom stereocenters. The van der Waals surface area contributed by atoms with Crippen LogP contribution in [0.3, 0.4) is 0 Å². The molecule has 1 aliphatic heterocycles. The summed E-state index contributed by atoms with van der Waals surface area (Å²) in [5.41, 5.74) is -0.936. The summed E-state index contributed by atoms with van der Waals surface area (Å²) in [5, 5.41) is 9.57. The second kappa shape index (κ2) is 5.76. The lowest BCUT2D eigenvalue weighted by Gasteiger charge is -2.35. The maximum atomic E-state index is 12.4. The molecule has 1 fully saturated rings. The van der Waals surface area contributed by atoms with Crippen molar-refractivity contribution in [2.24, 2.45) is 5.92 Å². The van der Waals surface area contributed by atoms with Crippen molar-refractivity contribution < 1.29 is 14.7 Å². The summed E-state index contributed by atoms with van der Waals surface area (Å²) in [5.74, 6) is -0.506. The number of hydrogen-bond acceptors (Lipinski definition) is 2. The van der Waals surface area contributed by atoms with Crippen molar-refractivity contribution in [2.75, 3.05) is 6.54 Å². The number of carbonyl (C=O) groups is 2. The third-order valence-corrected chi connectivity index (χ3v) is 4.40.